The van der Waals surface area contributed by atoms with E-state index in [1.165, 1.54) is 11.3 Å². The molecule has 1 aromatic heterocycles. The maximum absolute atomic E-state index is 11.8. The Labute approximate surface area is 94.3 Å². The molecule has 0 radical (unpaired) electrons. The van der Waals surface area contributed by atoms with Crippen LogP contribution < -0.4 is 0 Å². The van der Waals surface area contributed by atoms with Crippen molar-refractivity contribution in [2.45, 2.75) is 39.2 Å². The van der Waals surface area contributed by atoms with E-state index in [9.17, 15) is 4.79 Å². The van der Waals surface area contributed by atoms with Crippen molar-refractivity contribution < 1.29 is 9.53 Å². The summed E-state index contributed by atoms with van der Waals surface area (Å²) in [5.74, 6) is 0.128. The number of ether oxygens (including phenoxy) is 1. The molecule has 0 saturated heterocycles. The second kappa shape index (κ2) is 4.45. The molecule has 0 amide bonds. The van der Waals surface area contributed by atoms with E-state index in [0.717, 1.165) is 23.3 Å². The van der Waals surface area contributed by atoms with E-state index in [2.05, 4.69) is 0 Å². The Morgan fingerprint density at radius 2 is 2.27 bits per heavy atom. The van der Waals surface area contributed by atoms with Gasteiger partial charge in [-0.25, -0.2) is 0 Å². The molecule has 2 rings (SSSR count). The van der Waals surface area contributed by atoms with Gasteiger partial charge in [0, 0.05) is 15.3 Å². The van der Waals surface area contributed by atoms with E-state index < -0.39 is 0 Å². The number of hydrogen-bond donors (Lipinski definition) is 0. The van der Waals surface area contributed by atoms with E-state index >= 15 is 0 Å². The van der Waals surface area contributed by atoms with Crippen molar-refractivity contribution in [1.29, 1.82) is 0 Å². The van der Waals surface area contributed by atoms with Crippen LogP contribution >= 0.6 is 11.3 Å². The minimum absolute atomic E-state index is 0.128. The van der Waals surface area contributed by atoms with Gasteiger partial charge in [0.2, 0.25) is 0 Å². The Morgan fingerprint density at radius 1 is 1.53 bits per heavy atom. The normalized spacial score (nSPS) is 16.4. The number of aryl methyl sites for hydroxylation is 2. The summed E-state index contributed by atoms with van der Waals surface area (Å²) in [5.41, 5.74) is 0.844. The van der Waals surface area contributed by atoms with E-state index in [4.69, 9.17) is 4.74 Å². The summed E-state index contributed by atoms with van der Waals surface area (Å²) in [6.45, 7) is 4.27. The van der Waals surface area contributed by atoms with Gasteiger partial charge in [0.25, 0.3) is 0 Å². The maximum Gasteiger partial charge on any atom is 0.189 e. The van der Waals surface area contributed by atoms with Crippen molar-refractivity contribution in [3.8, 4) is 0 Å². The molecular weight excluding hydrogens is 208 g/mol. The molecule has 1 aromatic rings. The standard InChI is InChI=1S/C12H16O2S/c1-8-6-11(9(2)15-8)12(13)7-14-10-4-3-5-10/h6,10H,3-5,7H2,1-2H3. The Hall–Kier alpha value is -0.670. The molecule has 0 N–H and O–H groups in total. The zero-order valence-electron chi connectivity index (χ0n) is 9.21. The molecular formula is C12H16O2S. The molecule has 0 spiro atoms. The van der Waals surface area contributed by atoms with Crippen molar-refractivity contribution in [3.63, 3.8) is 0 Å². The fourth-order valence-corrected chi connectivity index (χ4v) is 2.66. The van der Waals surface area contributed by atoms with E-state index in [1.54, 1.807) is 11.3 Å². The number of carbonyl (C=O) groups is 1. The molecule has 1 aliphatic rings. The lowest BCUT2D eigenvalue weighted by Crippen LogP contribution is -2.24. The number of Topliss-reactive ketones (excluding diaryl/α,β-unsaturated/α-hetero) is 1. The van der Waals surface area contributed by atoms with E-state index in [1.807, 2.05) is 19.9 Å². The molecule has 0 atom stereocenters. The van der Waals surface area contributed by atoms with Gasteiger partial charge < -0.3 is 4.74 Å². The molecule has 82 valence electrons. The Bertz CT molecular complexity index is 364. The van der Waals surface area contributed by atoms with Crippen LogP contribution in [0.1, 0.15) is 39.4 Å². The van der Waals surface area contributed by atoms with Gasteiger partial charge in [0.1, 0.15) is 6.61 Å². The summed E-state index contributed by atoms with van der Waals surface area (Å²) in [6.07, 6.45) is 3.83. The first kappa shape index (κ1) is 10.8. The molecule has 1 fully saturated rings. The predicted octanol–water partition coefficient (Wildman–Crippen LogP) is 3.12. The minimum Gasteiger partial charge on any atom is -0.370 e. The number of carbonyl (C=O) groups excluding carboxylic acids is 1. The van der Waals surface area contributed by atoms with Gasteiger partial charge in [-0.1, -0.05) is 0 Å². The average molecular weight is 224 g/mol. The highest BCUT2D eigenvalue weighted by molar-refractivity contribution is 7.12. The van der Waals surface area contributed by atoms with Crippen LogP contribution in [0.3, 0.4) is 0 Å². The molecule has 0 aromatic carbocycles. The summed E-state index contributed by atoms with van der Waals surface area (Å²) >= 11 is 1.68. The lowest BCUT2D eigenvalue weighted by molar-refractivity contribution is 0.00730. The highest BCUT2D eigenvalue weighted by Gasteiger charge is 2.20. The molecule has 2 nitrogen and oxygen atoms in total. The third-order valence-corrected chi connectivity index (χ3v) is 3.81. The van der Waals surface area contributed by atoms with Gasteiger partial charge in [0.05, 0.1) is 6.10 Å². The lowest BCUT2D eigenvalue weighted by Gasteiger charge is -2.24. The zero-order valence-corrected chi connectivity index (χ0v) is 10.0. The Morgan fingerprint density at radius 3 is 2.73 bits per heavy atom. The minimum atomic E-state index is 0.128. The average Bonchev–Trinajstić information content (AvgIpc) is 2.42. The van der Waals surface area contributed by atoms with Gasteiger partial charge in [-0.3, -0.25) is 4.79 Å². The first-order valence-electron chi connectivity index (χ1n) is 5.38. The van der Waals surface area contributed by atoms with Crippen molar-refractivity contribution in [2.24, 2.45) is 0 Å². The summed E-state index contributed by atoms with van der Waals surface area (Å²) in [7, 11) is 0. The molecule has 0 bridgehead atoms. The van der Waals surface area contributed by atoms with Gasteiger partial charge >= 0.3 is 0 Å². The van der Waals surface area contributed by atoms with Crippen LogP contribution in [0.25, 0.3) is 0 Å². The van der Waals surface area contributed by atoms with Crippen molar-refractivity contribution in [1.82, 2.24) is 0 Å². The number of ketones is 1. The molecule has 1 heterocycles. The largest absolute Gasteiger partial charge is 0.370 e. The van der Waals surface area contributed by atoms with Crippen LogP contribution in [0.4, 0.5) is 0 Å². The molecule has 1 aliphatic carbocycles. The topological polar surface area (TPSA) is 26.3 Å². The van der Waals surface area contributed by atoms with E-state index in [0.29, 0.717) is 6.10 Å². The quantitative estimate of drug-likeness (QED) is 0.734. The lowest BCUT2D eigenvalue weighted by atomic mass is 9.96. The van der Waals surface area contributed by atoms with Crippen LogP contribution in [0.5, 0.6) is 0 Å². The second-order valence-corrected chi connectivity index (χ2v) is 5.57. The van der Waals surface area contributed by atoms with Crippen LogP contribution in [-0.2, 0) is 4.74 Å². The number of thiophene rings is 1. The highest BCUT2D eigenvalue weighted by Crippen LogP contribution is 2.24. The molecule has 0 aliphatic heterocycles. The fourth-order valence-electron chi connectivity index (χ4n) is 1.72. The monoisotopic (exact) mass is 224 g/mol. The SMILES string of the molecule is Cc1cc(C(=O)COC2CCC2)c(C)s1. The Balaban J connectivity index is 1.92. The van der Waals surface area contributed by atoms with Crippen LogP contribution in [0.15, 0.2) is 6.07 Å². The van der Waals surface area contributed by atoms with Crippen molar-refractivity contribution >= 4 is 17.1 Å². The van der Waals surface area contributed by atoms with Gasteiger partial charge in [-0.2, -0.15) is 0 Å². The van der Waals surface area contributed by atoms with Crippen molar-refractivity contribution in [2.75, 3.05) is 6.61 Å². The van der Waals surface area contributed by atoms with Crippen molar-refractivity contribution in [3.05, 3.63) is 21.4 Å². The summed E-state index contributed by atoms with van der Waals surface area (Å²) < 4.78 is 5.51. The maximum atomic E-state index is 11.8. The molecule has 3 heteroatoms. The smallest absolute Gasteiger partial charge is 0.189 e. The zero-order chi connectivity index (χ0) is 10.8. The van der Waals surface area contributed by atoms with Crippen LogP contribution in [0.2, 0.25) is 0 Å². The van der Waals surface area contributed by atoms with Gasteiger partial charge in [0.15, 0.2) is 5.78 Å². The van der Waals surface area contributed by atoms with Gasteiger partial charge in [-0.15, -0.1) is 11.3 Å². The van der Waals surface area contributed by atoms with E-state index in [-0.39, 0.29) is 12.4 Å². The van der Waals surface area contributed by atoms with Crippen LogP contribution in [0, 0.1) is 13.8 Å². The molecule has 15 heavy (non-hydrogen) atoms. The first-order valence-corrected chi connectivity index (χ1v) is 6.20. The third-order valence-electron chi connectivity index (χ3n) is 2.84. The first-order chi connectivity index (χ1) is 7.16. The number of hydrogen-bond acceptors (Lipinski definition) is 3. The Kier molecular flexibility index (Phi) is 3.22. The predicted molar refractivity (Wildman–Crippen MR) is 61.7 cm³/mol. The fraction of sp³-hybridized carbons (Fsp3) is 0.583. The third kappa shape index (κ3) is 2.47. The summed E-state index contributed by atoms with van der Waals surface area (Å²) in [4.78, 5) is 14.1. The number of rotatable bonds is 4. The molecule has 0 unspecified atom stereocenters. The summed E-state index contributed by atoms with van der Waals surface area (Å²) in [6, 6.07) is 1.96. The molecule has 1 saturated carbocycles. The highest BCUT2D eigenvalue weighted by atomic mass is 32.1. The van der Waals surface area contributed by atoms with Gasteiger partial charge in [-0.05, 0) is 39.2 Å². The van der Waals surface area contributed by atoms with Crippen LogP contribution in [-0.4, -0.2) is 18.5 Å². The second-order valence-electron chi connectivity index (χ2n) is 4.11. The summed E-state index contributed by atoms with van der Waals surface area (Å²) in [5, 5.41) is 0.